The summed E-state index contributed by atoms with van der Waals surface area (Å²) in [5, 5.41) is 4.49. The highest BCUT2D eigenvalue weighted by atomic mass is 32.2. The van der Waals surface area contributed by atoms with Gasteiger partial charge in [0.15, 0.2) is 5.82 Å². The molecular weight excluding hydrogens is 274 g/mol. The number of benzene rings is 1. The van der Waals surface area contributed by atoms with Gasteiger partial charge in [-0.1, -0.05) is 12.1 Å². The molecule has 1 aromatic carbocycles. The van der Waals surface area contributed by atoms with E-state index in [1.807, 2.05) is 28.9 Å². The van der Waals surface area contributed by atoms with Crippen molar-refractivity contribution in [2.24, 2.45) is 0 Å². The molecule has 0 aliphatic rings. The smallest absolute Gasteiger partial charge is 0.176 e. The van der Waals surface area contributed by atoms with Crippen LogP contribution in [-0.4, -0.2) is 35.2 Å². The fraction of sp³-hybridized carbons (Fsp3) is 0.429. The van der Waals surface area contributed by atoms with Gasteiger partial charge in [-0.2, -0.15) is 16.9 Å². The molecule has 0 aliphatic heterocycles. The molecule has 5 nitrogen and oxygen atoms in total. The minimum atomic E-state index is 0.441. The Morgan fingerprint density at radius 2 is 1.95 bits per heavy atom. The molecule has 0 atom stereocenters. The average Bonchev–Trinajstić information content (AvgIpc) is 2.82. The fourth-order valence-electron chi connectivity index (χ4n) is 1.88. The van der Waals surface area contributed by atoms with Gasteiger partial charge >= 0.3 is 0 Å². The molecule has 0 saturated heterocycles. The zero-order chi connectivity index (χ0) is 14.4. The van der Waals surface area contributed by atoms with Crippen LogP contribution in [0.5, 0.6) is 5.75 Å². The Labute approximate surface area is 123 Å². The Morgan fingerprint density at radius 1 is 1.20 bits per heavy atom. The van der Waals surface area contributed by atoms with Crippen LogP contribution in [-0.2, 0) is 23.6 Å². The number of hydrogen-bond donors (Lipinski definition) is 0. The molecule has 0 saturated carbocycles. The van der Waals surface area contributed by atoms with Gasteiger partial charge in [0.05, 0.1) is 19.4 Å². The third kappa shape index (κ3) is 3.74. The average molecular weight is 293 g/mol. The Hall–Kier alpha value is -1.53. The molecule has 0 aliphatic carbocycles. The molecule has 1 heterocycles. The maximum atomic E-state index is 5.16. The first-order valence-corrected chi connectivity index (χ1v) is 7.69. The van der Waals surface area contributed by atoms with Crippen molar-refractivity contribution in [3.63, 3.8) is 0 Å². The van der Waals surface area contributed by atoms with E-state index in [1.165, 1.54) is 5.56 Å². The first-order chi connectivity index (χ1) is 9.76. The van der Waals surface area contributed by atoms with E-state index in [0.717, 1.165) is 23.2 Å². The molecular formula is C14H19N3O2S. The Morgan fingerprint density at radius 3 is 2.55 bits per heavy atom. The van der Waals surface area contributed by atoms with Crippen LogP contribution in [0.4, 0.5) is 0 Å². The molecule has 0 radical (unpaired) electrons. The van der Waals surface area contributed by atoms with Crippen LogP contribution in [0.3, 0.4) is 0 Å². The van der Waals surface area contributed by atoms with Crippen molar-refractivity contribution in [3.05, 3.63) is 41.5 Å². The highest BCUT2D eigenvalue weighted by Gasteiger charge is 2.10. The van der Waals surface area contributed by atoms with Gasteiger partial charge in [0.2, 0.25) is 0 Å². The van der Waals surface area contributed by atoms with Crippen molar-refractivity contribution in [2.45, 2.75) is 18.9 Å². The van der Waals surface area contributed by atoms with E-state index in [1.54, 1.807) is 26.0 Å². The Balaban J connectivity index is 2.17. The summed E-state index contributed by atoms with van der Waals surface area (Å²) in [6, 6.07) is 7.99. The summed E-state index contributed by atoms with van der Waals surface area (Å²) in [6.07, 6.45) is 2.06. The van der Waals surface area contributed by atoms with Crippen LogP contribution in [0.25, 0.3) is 0 Å². The summed E-state index contributed by atoms with van der Waals surface area (Å²) in [5.41, 5.74) is 1.17. The number of aromatic nitrogens is 3. The highest BCUT2D eigenvalue weighted by molar-refractivity contribution is 7.97. The molecule has 0 bridgehead atoms. The van der Waals surface area contributed by atoms with Crippen LogP contribution in [0.1, 0.15) is 17.2 Å². The first kappa shape index (κ1) is 14.9. The molecule has 6 heteroatoms. The predicted molar refractivity (Wildman–Crippen MR) is 80.1 cm³/mol. The quantitative estimate of drug-likeness (QED) is 0.784. The highest BCUT2D eigenvalue weighted by Crippen LogP contribution is 2.14. The summed E-state index contributed by atoms with van der Waals surface area (Å²) in [5.74, 6) is 3.40. The van der Waals surface area contributed by atoms with Crippen LogP contribution in [0.2, 0.25) is 0 Å². The van der Waals surface area contributed by atoms with Gasteiger partial charge in [-0.25, -0.2) is 9.67 Å². The maximum Gasteiger partial charge on any atom is 0.176 e. The lowest BCUT2D eigenvalue weighted by molar-refractivity contribution is 0.177. The van der Waals surface area contributed by atoms with Crippen molar-refractivity contribution in [3.8, 4) is 5.75 Å². The van der Waals surface area contributed by atoms with Crippen LogP contribution < -0.4 is 4.74 Å². The molecule has 0 fully saturated rings. The molecule has 1 aromatic heterocycles. The van der Waals surface area contributed by atoms with Crippen LogP contribution >= 0.6 is 11.8 Å². The number of ether oxygens (including phenoxy) is 2. The summed E-state index contributed by atoms with van der Waals surface area (Å²) in [7, 11) is 3.32. The molecule has 0 N–H and O–H groups in total. The second-order valence-electron chi connectivity index (χ2n) is 4.32. The molecule has 0 amide bonds. The Kier molecular flexibility index (Phi) is 5.43. The number of rotatable bonds is 7. The second kappa shape index (κ2) is 7.31. The zero-order valence-corrected chi connectivity index (χ0v) is 12.8. The third-order valence-corrected chi connectivity index (χ3v) is 3.38. The van der Waals surface area contributed by atoms with E-state index in [4.69, 9.17) is 9.47 Å². The lowest BCUT2D eigenvalue weighted by atomic mass is 10.2. The lowest BCUT2D eigenvalue weighted by Gasteiger charge is -2.06. The summed E-state index contributed by atoms with van der Waals surface area (Å²) in [4.78, 5) is 4.50. The van der Waals surface area contributed by atoms with E-state index in [-0.39, 0.29) is 0 Å². The van der Waals surface area contributed by atoms with Gasteiger partial charge in [0.25, 0.3) is 0 Å². The standard InChI is InChI=1S/C14H19N3O2S/c1-18-9-13-15-14(10-20-3)17(16-13)8-11-4-6-12(19-2)7-5-11/h4-7H,8-10H2,1-3H3. The number of methoxy groups -OCH3 is 2. The van der Waals surface area contributed by atoms with Crippen molar-refractivity contribution in [1.82, 2.24) is 14.8 Å². The minimum absolute atomic E-state index is 0.441. The van der Waals surface area contributed by atoms with E-state index in [0.29, 0.717) is 13.2 Å². The van der Waals surface area contributed by atoms with E-state index < -0.39 is 0 Å². The number of thioether (sulfide) groups is 1. The summed E-state index contributed by atoms with van der Waals surface area (Å²) in [6.45, 7) is 1.15. The first-order valence-electron chi connectivity index (χ1n) is 6.30. The van der Waals surface area contributed by atoms with Gasteiger partial charge in [-0.15, -0.1) is 0 Å². The predicted octanol–water partition coefficient (Wildman–Crippen LogP) is 2.34. The molecule has 2 rings (SSSR count). The molecule has 0 spiro atoms. The normalized spacial score (nSPS) is 10.8. The van der Waals surface area contributed by atoms with E-state index in [9.17, 15) is 0 Å². The molecule has 108 valence electrons. The number of nitrogens with zero attached hydrogens (tertiary/aromatic N) is 3. The SMILES string of the molecule is COCc1nc(CSC)n(Cc2ccc(OC)cc2)n1. The fourth-order valence-corrected chi connectivity index (χ4v) is 2.35. The summed E-state index contributed by atoms with van der Waals surface area (Å²) < 4.78 is 12.2. The Bertz CT molecular complexity index is 540. The molecule has 0 unspecified atom stereocenters. The van der Waals surface area contributed by atoms with Crippen molar-refractivity contribution in [2.75, 3.05) is 20.5 Å². The van der Waals surface area contributed by atoms with Crippen molar-refractivity contribution < 1.29 is 9.47 Å². The zero-order valence-electron chi connectivity index (χ0n) is 12.0. The van der Waals surface area contributed by atoms with Gasteiger partial charge in [-0.05, 0) is 24.0 Å². The second-order valence-corrected chi connectivity index (χ2v) is 5.18. The van der Waals surface area contributed by atoms with Crippen molar-refractivity contribution >= 4 is 11.8 Å². The molecule has 20 heavy (non-hydrogen) atoms. The van der Waals surface area contributed by atoms with Crippen LogP contribution in [0, 0.1) is 0 Å². The third-order valence-electron chi connectivity index (χ3n) is 2.83. The summed E-state index contributed by atoms with van der Waals surface area (Å²) >= 11 is 1.73. The largest absolute Gasteiger partial charge is 0.497 e. The monoisotopic (exact) mass is 293 g/mol. The minimum Gasteiger partial charge on any atom is -0.497 e. The van der Waals surface area contributed by atoms with Crippen LogP contribution in [0.15, 0.2) is 24.3 Å². The van der Waals surface area contributed by atoms with Gasteiger partial charge < -0.3 is 9.47 Å². The van der Waals surface area contributed by atoms with E-state index >= 15 is 0 Å². The maximum absolute atomic E-state index is 5.16. The molecule has 2 aromatic rings. The lowest BCUT2D eigenvalue weighted by Crippen LogP contribution is -2.06. The number of hydrogen-bond acceptors (Lipinski definition) is 5. The van der Waals surface area contributed by atoms with E-state index in [2.05, 4.69) is 16.3 Å². The van der Waals surface area contributed by atoms with Gasteiger partial charge in [0.1, 0.15) is 18.2 Å². The van der Waals surface area contributed by atoms with Gasteiger partial charge in [-0.3, -0.25) is 0 Å². The topological polar surface area (TPSA) is 49.2 Å². The van der Waals surface area contributed by atoms with Crippen molar-refractivity contribution in [1.29, 1.82) is 0 Å². The van der Waals surface area contributed by atoms with Gasteiger partial charge in [0, 0.05) is 7.11 Å².